The number of carboxylic acids is 1. The summed E-state index contributed by atoms with van der Waals surface area (Å²) in [5.74, 6) is -1.95. The molecule has 0 bridgehead atoms. The van der Waals surface area contributed by atoms with Gasteiger partial charge in [0.15, 0.2) is 5.69 Å². The molecule has 0 amide bonds. The van der Waals surface area contributed by atoms with Crippen molar-refractivity contribution >= 4 is 26.8 Å². The maximum Gasteiger partial charge on any atom is 0.573 e. The quantitative estimate of drug-likeness (QED) is 0.250. The second-order valence-electron chi connectivity index (χ2n) is 8.51. The van der Waals surface area contributed by atoms with Crippen molar-refractivity contribution in [3.05, 3.63) is 101 Å². The maximum atomic E-state index is 14.0. The van der Waals surface area contributed by atoms with Crippen molar-refractivity contribution < 1.29 is 49.4 Å². The number of carboxylic acid groups (broad SMARTS) is 1. The van der Waals surface area contributed by atoms with Crippen molar-refractivity contribution in [2.75, 3.05) is 0 Å². The zero-order valence-corrected chi connectivity index (χ0v) is 21.0. The van der Waals surface area contributed by atoms with Crippen LogP contribution in [0.1, 0.15) is 38.9 Å². The lowest BCUT2D eigenvalue weighted by molar-refractivity contribution is -0.274. The lowest BCUT2D eigenvalue weighted by Gasteiger charge is -2.24. The summed E-state index contributed by atoms with van der Waals surface area (Å²) in [4.78, 5) is 14.5. The number of carbonyl (C=O) groups is 1. The summed E-state index contributed by atoms with van der Waals surface area (Å²) in [6.45, 7) is 1.44. The number of fused-ring (bicyclic) bond motifs is 1. The van der Waals surface area contributed by atoms with E-state index in [0.717, 1.165) is 48.5 Å². The Labute approximate surface area is 223 Å². The number of nitrogens with one attached hydrogen (secondary N) is 1. The molecule has 2 N–H and O–H groups in total. The smallest absolute Gasteiger partial charge is 0.478 e. The molecule has 4 rings (SSSR count). The van der Waals surface area contributed by atoms with Crippen molar-refractivity contribution in [2.45, 2.75) is 30.4 Å². The van der Waals surface area contributed by atoms with Gasteiger partial charge in [-0.2, -0.15) is 17.9 Å². The minimum atomic E-state index is -5.01. The molecular formula is C26H18F6N2O5S. The normalized spacial score (nSPS) is 13.3. The van der Waals surface area contributed by atoms with Crippen LogP contribution >= 0.6 is 0 Å². The highest BCUT2D eigenvalue weighted by atomic mass is 32.2. The molecule has 3 aromatic carbocycles. The van der Waals surface area contributed by atoms with Gasteiger partial charge in [-0.3, -0.25) is 0 Å². The van der Waals surface area contributed by atoms with E-state index >= 15 is 0 Å². The average Bonchev–Trinajstić information content (AvgIpc) is 2.87. The third kappa shape index (κ3) is 6.18. The predicted octanol–water partition coefficient (Wildman–Crippen LogP) is 6.23. The van der Waals surface area contributed by atoms with Gasteiger partial charge >= 0.3 is 18.5 Å². The molecule has 14 heteroatoms. The number of aromatic nitrogens is 1. The van der Waals surface area contributed by atoms with Crippen molar-refractivity contribution in [3.63, 3.8) is 0 Å². The molecule has 0 saturated heterocycles. The molecule has 210 valence electrons. The van der Waals surface area contributed by atoms with Crippen molar-refractivity contribution in [2.24, 2.45) is 0 Å². The number of halogens is 6. The highest BCUT2D eigenvalue weighted by Crippen LogP contribution is 2.38. The number of ether oxygens (including phenoxy) is 1. The van der Waals surface area contributed by atoms with Gasteiger partial charge in [-0.25, -0.2) is 18.2 Å². The first-order valence-corrected chi connectivity index (χ1v) is 12.7. The van der Waals surface area contributed by atoms with E-state index in [-0.39, 0.29) is 33.2 Å². The number of nitrogens with zero attached hydrogens (tertiary/aromatic N) is 1. The fraction of sp³-hybridized carbons (Fsp3) is 0.154. The summed E-state index contributed by atoms with van der Waals surface area (Å²) in [5, 5.41) is 8.98. The lowest BCUT2D eigenvalue weighted by Crippen LogP contribution is -2.31. The summed E-state index contributed by atoms with van der Waals surface area (Å²) in [6, 6.07) is 11.8. The zero-order chi connectivity index (χ0) is 29.5. The molecule has 1 heterocycles. The van der Waals surface area contributed by atoms with Gasteiger partial charge in [-0.05, 0) is 59.8 Å². The fourth-order valence-corrected chi connectivity index (χ4v) is 5.25. The van der Waals surface area contributed by atoms with E-state index in [2.05, 4.69) is 14.4 Å². The molecule has 0 saturated carbocycles. The Hall–Kier alpha value is -4.17. The molecular weight excluding hydrogens is 566 g/mol. The molecule has 0 aliphatic carbocycles. The van der Waals surface area contributed by atoms with Crippen LogP contribution in [0.4, 0.5) is 26.3 Å². The third-order valence-corrected chi connectivity index (χ3v) is 7.31. The number of aromatic carboxylic acids is 1. The molecule has 0 radical (unpaired) electrons. The molecule has 1 unspecified atom stereocenters. The van der Waals surface area contributed by atoms with Crippen LogP contribution in [0.5, 0.6) is 5.75 Å². The van der Waals surface area contributed by atoms with Crippen LogP contribution in [-0.2, 0) is 16.2 Å². The van der Waals surface area contributed by atoms with Gasteiger partial charge < -0.3 is 9.84 Å². The summed E-state index contributed by atoms with van der Waals surface area (Å²) < 4.78 is 113. The van der Waals surface area contributed by atoms with Gasteiger partial charge in [-0.15, -0.1) is 13.2 Å². The molecule has 0 fully saturated rings. The molecule has 0 aliphatic heterocycles. The van der Waals surface area contributed by atoms with E-state index in [0.29, 0.717) is 0 Å². The molecule has 0 spiro atoms. The van der Waals surface area contributed by atoms with Crippen LogP contribution in [0, 0.1) is 6.92 Å². The summed E-state index contributed by atoms with van der Waals surface area (Å²) in [7, 11) is -4.53. The Kier molecular flexibility index (Phi) is 7.51. The number of pyridine rings is 1. The first-order valence-electron chi connectivity index (χ1n) is 11.2. The second-order valence-corrected chi connectivity index (χ2v) is 10.2. The molecule has 0 aliphatic rings. The van der Waals surface area contributed by atoms with E-state index in [1.807, 2.05) is 0 Å². The number of hydrogen-bond donors (Lipinski definition) is 2. The highest BCUT2D eigenvalue weighted by Gasteiger charge is 2.37. The summed E-state index contributed by atoms with van der Waals surface area (Å²) >= 11 is 0. The standard InChI is InChI=1S/C26H18F6N2O5S/c1-14-19-4-2-3-5-20(19)23(25(27,28)29)33-21(14)22(15-6-10-17(11-7-15)39-26(30,31)32)34-40(37,38)18-12-8-16(9-13-18)24(35)36/h2-13,22,34H,1H3,(H,35,36). The molecule has 7 nitrogen and oxygen atoms in total. The van der Waals surface area contributed by atoms with E-state index in [1.165, 1.54) is 31.2 Å². The maximum absolute atomic E-state index is 14.0. The van der Waals surface area contributed by atoms with Crippen LogP contribution in [0.2, 0.25) is 0 Å². The molecule has 1 atom stereocenters. The molecule has 1 aromatic heterocycles. The minimum absolute atomic E-state index is 0.0424. The SMILES string of the molecule is Cc1c(C(NS(=O)(=O)c2ccc(C(=O)O)cc2)c2ccc(OC(F)(F)F)cc2)nc(C(F)(F)F)c2ccccc12. The molecule has 4 aromatic rings. The van der Waals surface area contributed by atoms with E-state index in [1.54, 1.807) is 0 Å². The number of aryl methyl sites for hydroxylation is 1. The van der Waals surface area contributed by atoms with Crippen molar-refractivity contribution in [1.29, 1.82) is 0 Å². The van der Waals surface area contributed by atoms with Crippen LogP contribution < -0.4 is 9.46 Å². The van der Waals surface area contributed by atoms with Gasteiger partial charge in [0.1, 0.15) is 5.75 Å². The highest BCUT2D eigenvalue weighted by molar-refractivity contribution is 7.89. The van der Waals surface area contributed by atoms with Crippen LogP contribution in [0.3, 0.4) is 0 Å². The van der Waals surface area contributed by atoms with E-state index < -0.39 is 50.9 Å². The van der Waals surface area contributed by atoms with Crippen molar-refractivity contribution in [1.82, 2.24) is 9.71 Å². The predicted molar refractivity (Wildman–Crippen MR) is 130 cm³/mol. The Bertz CT molecular complexity index is 1670. The van der Waals surface area contributed by atoms with Crippen molar-refractivity contribution in [3.8, 4) is 5.75 Å². The van der Waals surface area contributed by atoms with Crippen LogP contribution in [0.15, 0.2) is 77.7 Å². The first-order chi connectivity index (χ1) is 18.6. The summed E-state index contributed by atoms with van der Waals surface area (Å²) in [6.07, 6.45) is -9.94. The van der Waals surface area contributed by atoms with Crippen LogP contribution in [-0.4, -0.2) is 30.8 Å². The van der Waals surface area contributed by atoms with Gasteiger partial charge in [0.25, 0.3) is 0 Å². The van der Waals surface area contributed by atoms with E-state index in [4.69, 9.17) is 5.11 Å². The van der Waals surface area contributed by atoms with Gasteiger partial charge in [-0.1, -0.05) is 36.4 Å². The topological polar surface area (TPSA) is 106 Å². The Morgan fingerprint density at radius 2 is 1.48 bits per heavy atom. The number of alkyl halides is 6. The van der Waals surface area contributed by atoms with E-state index in [9.17, 15) is 39.6 Å². The zero-order valence-electron chi connectivity index (χ0n) is 20.2. The number of benzene rings is 3. The van der Waals surface area contributed by atoms with Gasteiger partial charge in [0, 0.05) is 5.39 Å². The second kappa shape index (κ2) is 10.4. The number of sulfonamides is 1. The molecule has 40 heavy (non-hydrogen) atoms. The minimum Gasteiger partial charge on any atom is -0.478 e. The third-order valence-electron chi connectivity index (χ3n) is 5.88. The van der Waals surface area contributed by atoms with Gasteiger partial charge in [0.05, 0.1) is 22.2 Å². The largest absolute Gasteiger partial charge is 0.573 e. The monoisotopic (exact) mass is 584 g/mol. The lowest BCUT2D eigenvalue weighted by atomic mass is 9.95. The Morgan fingerprint density at radius 1 is 0.900 bits per heavy atom. The number of hydrogen-bond acceptors (Lipinski definition) is 5. The first kappa shape index (κ1) is 28.8. The number of rotatable bonds is 7. The summed E-state index contributed by atoms with van der Waals surface area (Å²) in [5.41, 5.74) is -1.69. The Morgan fingerprint density at radius 3 is 2.00 bits per heavy atom. The van der Waals surface area contributed by atoms with Crippen LogP contribution in [0.25, 0.3) is 10.8 Å². The Balaban J connectivity index is 1.90. The fourth-order valence-electron chi connectivity index (χ4n) is 4.06. The average molecular weight is 584 g/mol. The van der Waals surface area contributed by atoms with Gasteiger partial charge in [0.2, 0.25) is 10.0 Å².